The van der Waals surface area contributed by atoms with Crippen molar-refractivity contribution in [2.45, 2.75) is 32.2 Å². The Morgan fingerprint density at radius 3 is 2.72 bits per heavy atom. The molecule has 0 aromatic carbocycles. The van der Waals surface area contributed by atoms with Crippen molar-refractivity contribution in [1.29, 1.82) is 0 Å². The zero-order valence-electron chi connectivity index (χ0n) is 10.6. The van der Waals surface area contributed by atoms with Crippen LogP contribution in [0.3, 0.4) is 0 Å². The number of nitrogens with zero attached hydrogens (tertiary/aromatic N) is 2. The zero-order valence-corrected chi connectivity index (χ0v) is 10.6. The molecule has 1 aliphatic carbocycles. The van der Waals surface area contributed by atoms with E-state index in [4.69, 9.17) is 0 Å². The monoisotopic (exact) mass is 250 g/mol. The van der Waals surface area contributed by atoms with Gasteiger partial charge in [-0.3, -0.25) is 14.3 Å². The molecule has 1 fully saturated rings. The van der Waals surface area contributed by atoms with Gasteiger partial charge in [0.25, 0.3) is 0 Å². The fraction of sp³-hybridized carbons (Fsp3) is 0.583. The second-order valence-corrected chi connectivity index (χ2v) is 4.82. The molecule has 1 aliphatic rings. The highest BCUT2D eigenvalue weighted by atomic mass is 16.2. The van der Waals surface area contributed by atoms with Gasteiger partial charge in [-0.2, -0.15) is 5.10 Å². The van der Waals surface area contributed by atoms with Crippen LogP contribution >= 0.6 is 0 Å². The van der Waals surface area contributed by atoms with Gasteiger partial charge in [0.1, 0.15) is 0 Å². The molecular weight excluding hydrogens is 232 g/mol. The minimum Gasteiger partial charge on any atom is -0.345 e. The first-order valence-corrected chi connectivity index (χ1v) is 6.18. The highest BCUT2D eigenvalue weighted by Gasteiger charge is 2.27. The summed E-state index contributed by atoms with van der Waals surface area (Å²) in [6.07, 6.45) is 4.86. The van der Waals surface area contributed by atoms with Crippen molar-refractivity contribution < 1.29 is 9.59 Å². The van der Waals surface area contributed by atoms with Crippen LogP contribution in [0.15, 0.2) is 12.3 Å². The van der Waals surface area contributed by atoms with E-state index in [0.717, 1.165) is 19.3 Å². The van der Waals surface area contributed by atoms with E-state index in [2.05, 4.69) is 22.7 Å². The molecule has 1 heterocycles. The molecule has 2 unspecified atom stereocenters. The molecule has 2 atom stereocenters. The Morgan fingerprint density at radius 1 is 1.39 bits per heavy atom. The largest absolute Gasteiger partial charge is 0.345 e. The number of hydrogen-bond donors (Lipinski definition) is 2. The lowest BCUT2D eigenvalue weighted by molar-refractivity contribution is -0.136. The summed E-state index contributed by atoms with van der Waals surface area (Å²) in [6, 6.07) is 1.76. The SMILES string of the molecule is CC1CCCC1NC(=O)C(=O)Nc1ccn(C)n1. The van der Waals surface area contributed by atoms with Crippen LogP contribution in [0.4, 0.5) is 5.82 Å². The predicted molar refractivity (Wildman–Crippen MR) is 66.8 cm³/mol. The molecule has 18 heavy (non-hydrogen) atoms. The molecule has 0 saturated heterocycles. The maximum Gasteiger partial charge on any atom is 0.314 e. The number of carbonyl (C=O) groups is 2. The summed E-state index contributed by atoms with van der Waals surface area (Å²) < 4.78 is 1.56. The molecule has 0 bridgehead atoms. The number of anilines is 1. The standard InChI is InChI=1S/C12H18N4O2/c1-8-4-3-5-9(8)13-11(17)12(18)14-10-6-7-16(2)15-10/h6-9H,3-5H2,1-2H3,(H,13,17)(H,14,15,18). The van der Waals surface area contributed by atoms with Gasteiger partial charge >= 0.3 is 11.8 Å². The summed E-state index contributed by atoms with van der Waals surface area (Å²) >= 11 is 0. The number of carbonyl (C=O) groups excluding carboxylic acids is 2. The van der Waals surface area contributed by atoms with Crippen LogP contribution < -0.4 is 10.6 Å². The Hall–Kier alpha value is -1.85. The van der Waals surface area contributed by atoms with Crippen molar-refractivity contribution in [2.24, 2.45) is 13.0 Å². The summed E-state index contributed by atoms with van der Waals surface area (Å²) in [4.78, 5) is 23.3. The third kappa shape index (κ3) is 2.88. The molecule has 0 spiro atoms. The van der Waals surface area contributed by atoms with Gasteiger partial charge in [0.15, 0.2) is 5.82 Å². The third-order valence-corrected chi connectivity index (χ3v) is 3.34. The van der Waals surface area contributed by atoms with Gasteiger partial charge in [-0.1, -0.05) is 13.3 Å². The summed E-state index contributed by atoms with van der Waals surface area (Å²) in [6.45, 7) is 2.09. The zero-order chi connectivity index (χ0) is 13.1. The molecule has 2 N–H and O–H groups in total. The molecule has 2 amide bonds. The average molecular weight is 250 g/mol. The summed E-state index contributed by atoms with van der Waals surface area (Å²) in [5.74, 6) is -0.416. The Morgan fingerprint density at radius 2 is 2.17 bits per heavy atom. The van der Waals surface area contributed by atoms with E-state index in [9.17, 15) is 9.59 Å². The topological polar surface area (TPSA) is 76.0 Å². The Balaban J connectivity index is 1.87. The molecule has 6 nitrogen and oxygen atoms in total. The number of hydrogen-bond acceptors (Lipinski definition) is 3. The van der Waals surface area contributed by atoms with Crippen molar-refractivity contribution >= 4 is 17.6 Å². The highest BCUT2D eigenvalue weighted by molar-refractivity contribution is 6.39. The van der Waals surface area contributed by atoms with Crippen LogP contribution in [0.5, 0.6) is 0 Å². The summed E-state index contributed by atoms with van der Waals surface area (Å²) in [7, 11) is 1.75. The van der Waals surface area contributed by atoms with Crippen molar-refractivity contribution in [3.63, 3.8) is 0 Å². The quantitative estimate of drug-likeness (QED) is 0.757. The molecule has 1 aromatic rings. The van der Waals surface area contributed by atoms with Crippen LogP contribution in [0, 0.1) is 5.92 Å². The average Bonchev–Trinajstić information content (AvgIpc) is 2.89. The van der Waals surface area contributed by atoms with Gasteiger partial charge in [0.2, 0.25) is 0 Å². The maximum absolute atomic E-state index is 11.7. The van der Waals surface area contributed by atoms with Crippen LogP contribution in [0.2, 0.25) is 0 Å². The van der Waals surface area contributed by atoms with Crippen molar-refractivity contribution in [3.05, 3.63) is 12.3 Å². The fourth-order valence-corrected chi connectivity index (χ4v) is 2.25. The smallest absolute Gasteiger partial charge is 0.314 e. The van der Waals surface area contributed by atoms with Gasteiger partial charge in [-0.05, 0) is 18.8 Å². The van der Waals surface area contributed by atoms with Crippen molar-refractivity contribution in [3.8, 4) is 0 Å². The first-order chi connectivity index (χ1) is 8.56. The second-order valence-electron chi connectivity index (χ2n) is 4.82. The van der Waals surface area contributed by atoms with Gasteiger partial charge < -0.3 is 10.6 Å². The van der Waals surface area contributed by atoms with Crippen molar-refractivity contribution in [1.82, 2.24) is 15.1 Å². The minimum absolute atomic E-state index is 0.118. The summed E-state index contributed by atoms with van der Waals surface area (Å²) in [5.41, 5.74) is 0. The van der Waals surface area contributed by atoms with Gasteiger partial charge in [-0.15, -0.1) is 0 Å². The van der Waals surface area contributed by atoms with E-state index in [1.54, 1.807) is 24.0 Å². The Kier molecular flexibility index (Phi) is 3.64. The van der Waals surface area contributed by atoms with Crippen LogP contribution in [0.1, 0.15) is 26.2 Å². The minimum atomic E-state index is -0.659. The molecule has 0 radical (unpaired) electrons. The van der Waals surface area contributed by atoms with E-state index in [0.29, 0.717) is 11.7 Å². The third-order valence-electron chi connectivity index (χ3n) is 3.34. The van der Waals surface area contributed by atoms with E-state index in [-0.39, 0.29) is 6.04 Å². The lowest BCUT2D eigenvalue weighted by Crippen LogP contribution is -2.42. The highest BCUT2D eigenvalue weighted by Crippen LogP contribution is 2.24. The number of aromatic nitrogens is 2. The lowest BCUT2D eigenvalue weighted by atomic mass is 10.1. The Labute approximate surface area is 106 Å². The first-order valence-electron chi connectivity index (χ1n) is 6.18. The van der Waals surface area contributed by atoms with Crippen LogP contribution in [-0.2, 0) is 16.6 Å². The fourth-order valence-electron chi connectivity index (χ4n) is 2.25. The van der Waals surface area contributed by atoms with E-state index in [1.807, 2.05) is 0 Å². The van der Waals surface area contributed by atoms with Gasteiger partial charge in [-0.25, -0.2) is 0 Å². The van der Waals surface area contributed by atoms with E-state index >= 15 is 0 Å². The lowest BCUT2D eigenvalue weighted by Gasteiger charge is -2.16. The van der Waals surface area contributed by atoms with Gasteiger partial charge in [0.05, 0.1) is 0 Å². The molecule has 1 aromatic heterocycles. The van der Waals surface area contributed by atoms with Gasteiger partial charge in [0, 0.05) is 25.4 Å². The molecule has 1 saturated carbocycles. The van der Waals surface area contributed by atoms with E-state index in [1.165, 1.54) is 0 Å². The Bertz CT molecular complexity index is 455. The normalized spacial score (nSPS) is 22.8. The number of aryl methyl sites for hydroxylation is 1. The molecule has 2 rings (SSSR count). The van der Waals surface area contributed by atoms with E-state index < -0.39 is 11.8 Å². The van der Waals surface area contributed by atoms with Crippen LogP contribution in [0.25, 0.3) is 0 Å². The second kappa shape index (κ2) is 5.20. The maximum atomic E-state index is 11.7. The summed E-state index contributed by atoms with van der Waals surface area (Å²) in [5, 5.41) is 9.22. The molecule has 98 valence electrons. The number of rotatable bonds is 2. The predicted octanol–water partition coefficient (Wildman–Crippen LogP) is 0.663. The van der Waals surface area contributed by atoms with Crippen molar-refractivity contribution in [2.75, 3.05) is 5.32 Å². The van der Waals surface area contributed by atoms with Crippen LogP contribution in [-0.4, -0.2) is 27.6 Å². The first kappa shape index (κ1) is 12.6. The number of amides is 2. The molecule has 6 heteroatoms. The molecular formula is C12H18N4O2. The molecule has 0 aliphatic heterocycles. The number of nitrogens with one attached hydrogen (secondary N) is 2.